The van der Waals surface area contributed by atoms with E-state index in [1.165, 1.54) is 55.8 Å². The fourth-order valence-electron chi connectivity index (χ4n) is 7.85. The first-order valence-corrected chi connectivity index (χ1v) is 18.4. The molecule has 0 saturated carbocycles. The van der Waals surface area contributed by atoms with E-state index in [1.807, 2.05) is 0 Å². The van der Waals surface area contributed by atoms with Crippen LogP contribution < -0.4 is 4.57 Å². The summed E-state index contributed by atoms with van der Waals surface area (Å²) in [5.74, 6) is 2.63. The second-order valence-electron chi connectivity index (χ2n) is 15.3. The molecule has 0 amide bonds. The van der Waals surface area contributed by atoms with Crippen molar-refractivity contribution in [3.05, 3.63) is 131 Å². The van der Waals surface area contributed by atoms with E-state index < -0.39 is 0 Å². The van der Waals surface area contributed by atoms with Crippen molar-refractivity contribution in [1.82, 2.24) is 4.57 Å². The number of nitrogens with zero attached hydrogens (tertiary/aromatic N) is 2. The third kappa shape index (κ3) is 5.67. The Morgan fingerprint density at radius 3 is 1.76 bits per heavy atom. The molecule has 0 unspecified atom stereocenters. The zero-order chi connectivity index (χ0) is 35.4. The minimum Gasteiger partial charge on any atom is -0.455 e. The van der Waals surface area contributed by atoms with Crippen LogP contribution in [0.25, 0.3) is 61.3 Å². The Bertz CT molecular complexity index is 2290. The van der Waals surface area contributed by atoms with E-state index in [-0.39, 0.29) is 0 Å². The number of aromatic nitrogens is 2. The van der Waals surface area contributed by atoms with E-state index >= 15 is 0 Å². The molecule has 0 aliphatic rings. The van der Waals surface area contributed by atoms with Crippen molar-refractivity contribution in [3.8, 4) is 39.3 Å². The summed E-state index contributed by atoms with van der Waals surface area (Å²) >= 11 is 0. The van der Waals surface area contributed by atoms with E-state index in [4.69, 9.17) is 4.42 Å². The van der Waals surface area contributed by atoms with Crippen molar-refractivity contribution in [3.63, 3.8) is 0 Å². The summed E-state index contributed by atoms with van der Waals surface area (Å²) in [6.07, 6.45) is 4.40. The van der Waals surface area contributed by atoms with Gasteiger partial charge in [-0.25, -0.2) is 4.57 Å². The van der Waals surface area contributed by atoms with Gasteiger partial charge in [-0.15, -0.1) is 0 Å². The minimum atomic E-state index is 0.365. The van der Waals surface area contributed by atoms with Crippen LogP contribution in [0, 0.1) is 6.92 Å². The molecule has 3 nitrogen and oxygen atoms in total. The first-order valence-electron chi connectivity index (χ1n) is 18.4. The van der Waals surface area contributed by atoms with Gasteiger partial charge in [-0.2, -0.15) is 4.57 Å². The molecule has 7 rings (SSSR count). The van der Waals surface area contributed by atoms with Gasteiger partial charge < -0.3 is 4.42 Å². The molecule has 2 heterocycles. The second-order valence-corrected chi connectivity index (χ2v) is 15.3. The van der Waals surface area contributed by atoms with Crippen molar-refractivity contribution in [2.75, 3.05) is 0 Å². The molecule has 5 aromatic carbocycles. The lowest BCUT2D eigenvalue weighted by molar-refractivity contribution is -0.659. The van der Waals surface area contributed by atoms with Crippen LogP contribution in [0.3, 0.4) is 0 Å². The Kier molecular flexibility index (Phi) is 8.80. The summed E-state index contributed by atoms with van der Waals surface area (Å²) in [6, 6.07) is 33.7. The molecule has 0 aliphatic heterocycles. The van der Waals surface area contributed by atoms with Crippen LogP contribution in [0.15, 0.2) is 108 Å². The van der Waals surface area contributed by atoms with Crippen molar-refractivity contribution in [2.45, 2.75) is 86.0 Å². The predicted molar refractivity (Wildman–Crippen MR) is 212 cm³/mol. The number of hydrogen-bond acceptors (Lipinski definition) is 1. The highest BCUT2D eigenvalue weighted by atomic mass is 16.3. The highest BCUT2D eigenvalue weighted by molar-refractivity contribution is 6.10. The molecule has 7 aromatic rings. The number of rotatable bonds is 8. The Hall–Kier alpha value is -4.89. The number of imidazole rings is 1. The van der Waals surface area contributed by atoms with Gasteiger partial charge >= 0.3 is 0 Å². The molecular formula is C47H51N2O+. The smallest absolute Gasteiger partial charge is 0.297 e. The van der Waals surface area contributed by atoms with Gasteiger partial charge in [0.2, 0.25) is 0 Å². The maximum absolute atomic E-state index is 7.02. The fourth-order valence-corrected chi connectivity index (χ4v) is 7.85. The highest BCUT2D eigenvalue weighted by Crippen LogP contribution is 2.44. The Morgan fingerprint density at radius 2 is 1.16 bits per heavy atom. The van der Waals surface area contributed by atoms with E-state index in [0.29, 0.717) is 23.7 Å². The standard InChI is InChI=1S/C47H51N2O/c1-28(2)36-17-14-18-37(29(3)4)45(36)49-24-23-48(10)47(49)43-32(9)19-21-39-38-22-20-34(27-42(38)50-46(39)43)44-40(30(5)6)25-35(26-41(44)31(7)8)33-15-12-11-13-16-33/h11-31H,1-10H3/q+1. The highest BCUT2D eigenvalue weighted by Gasteiger charge is 2.30. The molecule has 2 aromatic heterocycles. The second kappa shape index (κ2) is 13.1. The van der Waals surface area contributed by atoms with Gasteiger partial charge in [-0.3, -0.25) is 0 Å². The molecule has 0 spiro atoms. The first kappa shape index (κ1) is 33.6. The van der Waals surface area contributed by atoms with Crippen LogP contribution in [0.5, 0.6) is 0 Å². The monoisotopic (exact) mass is 659 g/mol. The number of para-hydroxylation sites is 1. The van der Waals surface area contributed by atoms with Gasteiger partial charge in [-0.05, 0) is 81.7 Å². The van der Waals surface area contributed by atoms with E-state index in [2.05, 4.69) is 182 Å². The number of aryl methyl sites for hydroxylation is 2. The lowest BCUT2D eigenvalue weighted by Crippen LogP contribution is -2.29. The third-order valence-corrected chi connectivity index (χ3v) is 10.5. The average molecular weight is 660 g/mol. The molecule has 0 aliphatic carbocycles. The normalized spacial score (nSPS) is 12.1. The SMILES string of the molecule is Cc1ccc2c(oc3cc(-c4c(C(C)C)cc(-c5ccccc5)cc4C(C)C)ccc32)c1-c1n(-c2c(C(C)C)cccc2C(C)C)cc[n+]1C. The molecular weight excluding hydrogens is 609 g/mol. The van der Waals surface area contributed by atoms with Crippen LogP contribution in [-0.2, 0) is 7.05 Å². The lowest BCUT2D eigenvalue weighted by atomic mass is 9.82. The molecule has 50 heavy (non-hydrogen) atoms. The summed E-state index contributed by atoms with van der Waals surface area (Å²) in [4.78, 5) is 0. The van der Waals surface area contributed by atoms with E-state index in [9.17, 15) is 0 Å². The fraction of sp³-hybridized carbons (Fsp3) is 0.298. The number of benzene rings is 5. The van der Waals surface area contributed by atoms with Gasteiger partial charge in [0.15, 0.2) is 5.58 Å². The summed E-state index contributed by atoms with van der Waals surface area (Å²) in [6.45, 7) is 20.6. The Balaban J connectivity index is 1.46. The van der Waals surface area contributed by atoms with Crippen molar-refractivity contribution in [2.24, 2.45) is 7.05 Å². The topological polar surface area (TPSA) is 21.9 Å². The van der Waals surface area contributed by atoms with Crippen LogP contribution in [-0.4, -0.2) is 4.57 Å². The van der Waals surface area contributed by atoms with Crippen LogP contribution in [0.2, 0.25) is 0 Å². The summed E-state index contributed by atoms with van der Waals surface area (Å²) in [7, 11) is 2.15. The number of hydrogen-bond donors (Lipinski definition) is 0. The van der Waals surface area contributed by atoms with E-state index in [0.717, 1.165) is 33.3 Å². The van der Waals surface area contributed by atoms with Crippen molar-refractivity contribution >= 4 is 21.9 Å². The van der Waals surface area contributed by atoms with Crippen molar-refractivity contribution in [1.29, 1.82) is 0 Å². The van der Waals surface area contributed by atoms with Gasteiger partial charge in [-0.1, -0.05) is 134 Å². The largest absolute Gasteiger partial charge is 0.455 e. The summed E-state index contributed by atoms with van der Waals surface area (Å²) < 4.78 is 11.7. The Labute approximate surface area is 298 Å². The maximum atomic E-state index is 7.02. The van der Waals surface area contributed by atoms with Gasteiger partial charge in [0, 0.05) is 21.9 Å². The first-order chi connectivity index (χ1) is 24.0. The number of fused-ring (bicyclic) bond motifs is 3. The van der Waals surface area contributed by atoms with Gasteiger partial charge in [0.1, 0.15) is 29.2 Å². The molecule has 3 heteroatoms. The zero-order valence-electron chi connectivity index (χ0n) is 31.4. The lowest BCUT2D eigenvalue weighted by Gasteiger charge is -2.22. The van der Waals surface area contributed by atoms with Crippen LogP contribution >= 0.6 is 0 Å². The molecule has 0 N–H and O–H groups in total. The van der Waals surface area contributed by atoms with Gasteiger partial charge in [0.25, 0.3) is 5.82 Å². The van der Waals surface area contributed by atoms with Crippen LogP contribution in [0.1, 0.15) is 107 Å². The molecule has 0 radical (unpaired) electrons. The molecule has 0 saturated heterocycles. The van der Waals surface area contributed by atoms with E-state index in [1.54, 1.807) is 0 Å². The van der Waals surface area contributed by atoms with Crippen LogP contribution in [0.4, 0.5) is 0 Å². The summed E-state index contributed by atoms with van der Waals surface area (Å²) in [5, 5.41) is 2.29. The van der Waals surface area contributed by atoms with Crippen molar-refractivity contribution < 1.29 is 8.98 Å². The molecule has 254 valence electrons. The number of furan rings is 1. The summed E-state index contributed by atoms with van der Waals surface area (Å²) in [5.41, 5.74) is 16.0. The quantitative estimate of drug-likeness (QED) is 0.149. The molecule has 0 fully saturated rings. The molecule has 0 atom stereocenters. The zero-order valence-corrected chi connectivity index (χ0v) is 31.4. The Morgan fingerprint density at radius 1 is 0.560 bits per heavy atom. The predicted octanol–water partition coefficient (Wildman–Crippen LogP) is 13.0. The molecule has 0 bridgehead atoms. The average Bonchev–Trinajstić information content (AvgIpc) is 3.66. The third-order valence-electron chi connectivity index (χ3n) is 10.5. The van der Waals surface area contributed by atoms with Gasteiger partial charge in [0.05, 0.1) is 7.05 Å². The maximum Gasteiger partial charge on any atom is 0.297 e. The minimum absolute atomic E-state index is 0.365.